The zero-order valence-corrected chi connectivity index (χ0v) is 37.2. The summed E-state index contributed by atoms with van der Waals surface area (Å²) in [6.07, 6.45) is 2.34. The van der Waals surface area contributed by atoms with Crippen molar-refractivity contribution in [1.82, 2.24) is 25.1 Å². The van der Waals surface area contributed by atoms with Gasteiger partial charge in [0.25, 0.3) is 5.91 Å². The third kappa shape index (κ3) is 8.79. The maximum atomic E-state index is 16.5. The van der Waals surface area contributed by atoms with Gasteiger partial charge in [-0.1, -0.05) is 30.0 Å². The van der Waals surface area contributed by atoms with Crippen LogP contribution in [0.25, 0.3) is 10.9 Å². The Bertz CT molecular complexity index is 2150. The summed E-state index contributed by atoms with van der Waals surface area (Å²) in [5, 5.41) is 27.6. The molecule has 1 aliphatic carbocycles. The molecule has 2 amide bonds. The van der Waals surface area contributed by atoms with Crippen molar-refractivity contribution in [2.45, 2.75) is 36.7 Å². The summed E-state index contributed by atoms with van der Waals surface area (Å²) in [4.78, 5) is 68.8. The number of halogens is 2. The SMILES string of the molecule is CN1CCN(c2c(F)c(NNC(=S)SCC3=C(C(=O)[O-])N4C(=O)[C@@H](NC(=O)Cc5cccs5)[C@@H]4SC3)c3c(=O)c(C(=O)[O-])cn(C4CC4)c3c2F)CC1.[Na+].[Na+]. The molecule has 3 N–H and O–H groups in total. The normalized spacial score (nSPS) is 19.5. The number of hydrogen-bond acceptors (Lipinski definition) is 14. The topological polar surface area (TPSA) is 182 Å². The van der Waals surface area contributed by atoms with E-state index in [1.54, 1.807) is 6.07 Å². The smallest absolute Gasteiger partial charge is 0.545 e. The number of aromatic nitrogens is 1. The molecule has 7 rings (SSSR count). The maximum absolute atomic E-state index is 16.5. The molecule has 4 aliphatic rings. The molecule has 3 aromatic rings. The summed E-state index contributed by atoms with van der Waals surface area (Å²) in [6.45, 7) is 1.62. The second-order valence-electron chi connectivity index (χ2n) is 12.9. The summed E-state index contributed by atoms with van der Waals surface area (Å²) >= 11 is 9.04. The number of hydrogen-bond donors (Lipinski definition) is 3. The van der Waals surface area contributed by atoms with Gasteiger partial charge in [-0.2, -0.15) is 0 Å². The van der Waals surface area contributed by atoms with Gasteiger partial charge in [-0.15, -0.1) is 23.1 Å². The molecular weight excluding hydrogens is 819 g/mol. The number of β-lactam (4-membered cyclic amide) rings is 1. The van der Waals surface area contributed by atoms with Gasteiger partial charge in [0.1, 0.15) is 22.8 Å². The van der Waals surface area contributed by atoms with Crippen molar-refractivity contribution in [1.29, 1.82) is 0 Å². The number of nitrogens with one attached hydrogen (secondary N) is 3. The number of piperazine rings is 1. The molecule has 280 valence electrons. The van der Waals surface area contributed by atoms with Gasteiger partial charge in [0.2, 0.25) is 11.3 Å². The van der Waals surface area contributed by atoms with Crippen molar-refractivity contribution in [2.75, 3.05) is 55.1 Å². The zero-order valence-electron chi connectivity index (χ0n) is 29.9. The molecule has 0 spiro atoms. The van der Waals surface area contributed by atoms with E-state index >= 15 is 8.78 Å². The molecule has 2 aromatic heterocycles. The van der Waals surface area contributed by atoms with Gasteiger partial charge < -0.3 is 39.5 Å². The fourth-order valence-corrected chi connectivity index (χ4v) is 9.69. The Labute approximate surface area is 375 Å². The average Bonchev–Trinajstić information content (AvgIpc) is 3.85. The molecule has 0 radical (unpaired) electrons. The van der Waals surface area contributed by atoms with Gasteiger partial charge in [-0.3, -0.25) is 30.1 Å². The Morgan fingerprint density at radius 3 is 2.38 bits per heavy atom. The standard InChI is InChI=1S/C33H33F2N7O7S4.2Na/c1-39-6-8-40(9-7-39)27-21(34)23(20-26(22(27)35)41(16-4-5-16)12-18(28(20)44)31(46)47)37-38-33(50)53-14-15-13-52-30-24(29(45)42(30)25(15)32(48)49)36-19(43)11-17-3-2-10-51-17;;/h2-3,10,12,16,24,30,37H,4-9,11,13-14H2,1H3,(H,36,43)(H,38,50)(H,46,47)(H,48,49);;/q;2*+1/p-2/t24-,30+;;/m1../s1. The minimum Gasteiger partial charge on any atom is -0.545 e. The number of anilines is 2. The van der Waals surface area contributed by atoms with Crippen molar-refractivity contribution in [3.8, 4) is 0 Å². The van der Waals surface area contributed by atoms with Crippen LogP contribution in [0.15, 0.2) is 39.8 Å². The first-order chi connectivity index (χ1) is 25.3. The van der Waals surface area contributed by atoms with Crippen LogP contribution in [-0.2, 0) is 20.8 Å². The Morgan fingerprint density at radius 1 is 1.05 bits per heavy atom. The number of benzene rings is 1. The number of carboxylic acids is 2. The first-order valence-electron chi connectivity index (χ1n) is 16.5. The Morgan fingerprint density at radius 2 is 1.76 bits per heavy atom. The maximum Gasteiger partial charge on any atom is 1.00 e. The fourth-order valence-electron chi connectivity index (χ4n) is 6.62. The van der Waals surface area contributed by atoms with Gasteiger partial charge in [0, 0.05) is 54.8 Å². The zero-order chi connectivity index (χ0) is 37.7. The van der Waals surface area contributed by atoms with Crippen LogP contribution in [0.1, 0.15) is 34.1 Å². The van der Waals surface area contributed by atoms with Gasteiger partial charge in [-0.05, 0) is 36.9 Å². The van der Waals surface area contributed by atoms with Crippen LogP contribution >= 0.6 is 47.1 Å². The fraction of sp³-hybridized carbons (Fsp3) is 0.394. The van der Waals surface area contributed by atoms with Crippen LogP contribution in [0.4, 0.5) is 20.2 Å². The van der Waals surface area contributed by atoms with Gasteiger partial charge in [0.05, 0.1) is 40.5 Å². The molecule has 3 aliphatic heterocycles. The third-order valence-electron chi connectivity index (χ3n) is 9.45. The quantitative estimate of drug-likeness (QED) is 0.0720. The number of rotatable bonds is 11. The number of carboxylic acid groups (broad SMARTS) is 2. The number of fused-ring (bicyclic) bond motifs is 2. The van der Waals surface area contributed by atoms with Crippen LogP contribution in [0, 0.1) is 11.6 Å². The van der Waals surface area contributed by atoms with Crippen molar-refractivity contribution >= 4 is 97.4 Å². The minimum atomic E-state index is -1.79. The molecule has 3 fully saturated rings. The number of hydrazine groups is 1. The van der Waals surface area contributed by atoms with Crippen LogP contribution in [0.3, 0.4) is 0 Å². The van der Waals surface area contributed by atoms with E-state index in [1.807, 2.05) is 23.4 Å². The van der Waals surface area contributed by atoms with E-state index in [9.17, 15) is 34.2 Å². The van der Waals surface area contributed by atoms with Crippen LogP contribution < -0.4 is 95.8 Å². The molecular formula is C33H31F2N7Na2O7S4. The summed E-state index contributed by atoms with van der Waals surface area (Å²) in [5.74, 6) is -6.29. The van der Waals surface area contributed by atoms with E-state index in [2.05, 4.69) is 16.2 Å². The number of likely N-dealkylation sites (N-methyl/N-ethyl adjacent to an activating group) is 1. The molecule has 0 bridgehead atoms. The predicted molar refractivity (Wildman–Crippen MR) is 197 cm³/mol. The Kier molecular flexibility index (Phi) is 14.5. The van der Waals surface area contributed by atoms with Crippen molar-refractivity contribution < 1.29 is 97.3 Å². The number of thioether (sulfide) groups is 2. The molecule has 55 heavy (non-hydrogen) atoms. The second-order valence-corrected chi connectivity index (χ2v) is 16.7. The first kappa shape index (κ1) is 43.9. The number of pyridine rings is 1. The number of aliphatic carboxylic acids is 1. The molecule has 2 saturated heterocycles. The summed E-state index contributed by atoms with van der Waals surface area (Å²) in [5.41, 5.74) is 2.18. The monoisotopic (exact) mass is 849 g/mol. The number of amides is 2. The van der Waals surface area contributed by atoms with E-state index in [0.29, 0.717) is 31.5 Å². The number of nitrogens with zero attached hydrogens (tertiary/aromatic N) is 4. The minimum absolute atomic E-state index is 0. The Hall–Kier alpha value is -2.24. The first-order valence-corrected chi connectivity index (χ1v) is 19.8. The molecule has 1 saturated carbocycles. The molecule has 0 unspecified atom stereocenters. The van der Waals surface area contributed by atoms with E-state index in [4.69, 9.17) is 12.2 Å². The van der Waals surface area contributed by atoms with E-state index in [-0.39, 0.29) is 123 Å². The Balaban J connectivity index is 0.00000290. The third-order valence-corrected chi connectivity index (χ3v) is 13.0. The average molecular weight is 850 g/mol. The predicted octanol–water partition coefficient (Wildman–Crippen LogP) is -5.62. The summed E-state index contributed by atoms with van der Waals surface area (Å²) in [7, 11) is 1.88. The van der Waals surface area contributed by atoms with E-state index < -0.39 is 63.0 Å². The van der Waals surface area contributed by atoms with E-state index in [1.165, 1.54) is 32.6 Å². The molecule has 14 nitrogen and oxygen atoms in total. The van der Waals surface area contributed by atoms with Crippen LogP contribution in [-0.4, -0.2) is 98.6 Å². The number of aromatic carboxylic acids is 1. The number of carbonyl (C=O) groups is 4. The number of thiophene rings is 1. The van der Waals surface area contributed by atoms with Gasteiger partial charge in [0.15, 0.2) is 16.0 Å². The largest absolute Gasteiger partial charge is 1.00 e. The van der Waals surface area contributed by atoms with Gasteiger partial charge >= 0.3 is 59.1 Å². The number of carbonyl (C=O) groups excluding carboxylic acids is 4. The molecule has 22 heteroatoms. The van der Waals surface area contributed by atoms with E-state index in [0.717, 1.165) is 27.7 Å². The van der Waals surface area contributed by atoms with Crippen LogP contribution in [0.2, 0.25) is 0 Å². The molecule has 5 heterocycles. The van der Waals surface area contributed by atoms with Crippen LogP contribution in [0.5, 0.6) is 0 Å². The van der Waals surface area contributed by atoms with Gasteiger partial charge in [-0.25, -0.2) is 8.78 Å². The summed E-state index contributed by atoms with van der Waals surface area (Å²) < 4.78 is 34.2. The number of thiocarbonyl (C=S) groups is 1. The van der Waals surface area contributed by atoms with Crippen molar-refractivity contribution in [3.05, 3.63) is 67.3 Å². The second kappa shape index (κ2) is 18.1. The molecule has 2 atom stereocenters. The summed E-state index contributed by atoms with van der Waals surface area (Å²) in [6, 6.07) is 2.40. The van der Waals surface area contributed by atoms with Crippen molar-refractivity contribution in [2.24, 2.45) is 0 Å². The van der Waals surface area contributed by atoms with Crippen molar-refractivity contribution in [3.63, 3.8) is 0 Å². The molecule has 1 aromatic carbocycles.